The molecule has 2 heterocycles. The Hall–Kier alpha value is 0.1000. The monoisotopic (exact) mass is 248 g/mol. The molecule has 0 aliphatic carbocycles. The Morgan fingerprint density at radius 1 is 1.50 bits per heavy atom. The summed E-state index contributed by atoms with van der Waals surface area (Å²) in [6, 6.07) is 2.04. The van der Waals surface area contributed by atoms with Gasteiger partial charge in [-0.25, -0.2) is 0 Å². The molecular weight excluding hydrogens is 240 g/mol. The minimum Gasteiger partial charge on any atom is -0.344 e. The minimum atomic E-state index is -0.511. The Morgan fingerprint density at radius 2 is 2.17 bits per heavy atom. The van der Waals surface area contributed by atoms with E-state index >= 15 is 0 Å². The van der Waals surface area contributed by atoms with Gasteiger partial charge in [-0.15, -0.1) is 11.3 Å². The van der Waals surface area contributed by atoms with E-state index in [1.807, 2.05) is 13.0 Å². The maximum absolute atomic E-state index is 5.50. The molecular formula is C8H9BrO2S. The Bertz CT molecular complexity index is 278. The van der Waals surface area contributed by atoms with Crippen LogP contribution in [0.5, 0.6) is 0 Å². The summed E-state index contributed by atoms with van der Waals surface area (Å²) < 4.78 is 12.1. The maximum atomic E-state index is 5.50. The summed E-state index contributed by atoms with van der Waals surface area (Å²) in [5, 5.41) is 2.05. The summed E-state index contributed by atoms with van der Waals surface area (Å²) in [7, 11) is 0. The summed E-state index contributed by atoms with van der Waals surface area (Å²) in [5.41, 5.74) is 1.09. The molecule has 2 nitrogen and oxygen atoms in total. The third-order valence-electron chi connectivity index (χ3n) is 1.93. The molecule has 1 aromatic rings. The van der Waals surface area contributed by atoms with E-state index in [9.17, 15) is 0 Å². The van der Waals surface area contributed by atoms with Crippen molar-refractivity contribution in [3.63, 3.8) is 0 Å². The van der Waals surface area contributed by atoms with Crippen LogP contribution in [0.3, 0.4) is 0 Å². The molecule has 0 aromatic carbocycles. The van der Waals surface area contributed by atoms with E-state index in [1.54, 1.807) is 11.3 Å². The second-order valence-corrected chi connectivity index (χ2v) is 5.07. The van der Waals surface area contributed by atoms with Crippen LogP contribution in [0, 0.1) is 0 Å². The first-order chi connectivity index (χ1) is 5.71. The number of hydrogen-bond acceptors (Lipinski definition) is 3. The van der Waals surface area contributed by atoms with Gasteiger partial charge in [0.1, 0.15) is 0 Å². The average molecular weight is 249 g/mol. The summed E-state index contributed by atoms with van der Waals surface area (Å²) in [4.78, 5) is 0. The predicted octanol–water partition coefficient (Wildman–Crippen LogP) is 2.73. The highest BCUT2D eigenvalue weighted by molar-refractivity contribution is 9.11. The van der Waals surface area contributed by atoms with Crippen LogP contribution in [0.15, 0.2) is 15.2 Å². The van der Waals surface area contributed by atoms with E-state index in [-0.39, 0.29) is 0 Å². The Balaban J connectivity index is 2.28. The van der Waals surface area contributed by atoms with Crippen molar-refractivity contribution < 1.29 is 9.47 Å². The fourth-order valence-electron chi connectivity index (χ4n) is 1.23. The highest BCUT2D eigenvalue weighted by Crippen LogP contribution is 2.35. The lowest BCUT2D eigenvalue weighted by atomic mass is 10.2. The minimum absolute atomic E-state index is 0.511. The summed E-state index contributed by atoms with van der Waals surface area (Å²) >= 11 is 5.06. The van der Waals surface area contributed by atoms with Crippen LogP contribution in [0.4, 0.5) is 0 Å². The normalized spacial score (nSPS) is 21.5. The van der Waals surface area contributed by atoms with Gasteiger partial charge in [-0.2, -0.15) is 0 Å². The smallest absolute Gasteiger partial charge is 0.192 e. The fraction of sp³-hybridized carbons (Fsp3) is 0.500. The SMILES string of the molecule is CC1(c2csc(Br)c2)OCCO1. The van der Waals surface area contributed by atoms with Crippen molar-refractivity contribution in [2.45, 2.75) is 12.7 Å². The van der Waals surface area contributed by atoms with Gasteiger partial charge in [0.25, 0.3) is 0 Å². The predicted molar refractivity (Wildman–Crippen MR) is 51.3 cm³/mol. The van der Waals surface area contributed by atoms with Gasteiger partial charge in [0.2, 0.25) is 0 Å². The molecule has 1 aliphatic rings. The van der Waals surface area contributed by atoms with Gasteiger partial charge in [-0.05, 0) is 28.9 Å². The van der Waals surface area contributed by atoms with E-state index in [4.69, 9.17) is 9.47 Å². The molecule has 0 N–H and O–H groups in total. The van der Waals surface area contributed by atoms with Gasteiger partial charge in [-0.1, -0.05) is 0 Å². The van der Waals surface area contributed by atoms with Crippen molar-refractivity contribution in [2.24, 2.45) is 0 Å². The highest BCUT2D eigenvalue weighted by Gasteiger charge is 2.33. The average Bonchev–Trinajstić information content (AvgIpc) is 2.59. The first-order valence-electron chi connectivity index (χ1n) is 3.73. The first kappa shape index (κ1) is 8.69. The lowest BCUT2D eigenvalue weighted by Crippen LogP contribution is -2.21. The Morgan fingerprint density at radius 3 is 2.67 bits per heavy atom. The molecule has 0 saturated carbocycles. The van der Waals surface area contributed by atoms with Crippen LogP contribution in [-0.4, -0.2) is 13.2 Å². The van der Waals surface area contributed by atoms with Gasteiger partial charge in [0, 0.05) is 10.9 Å². The molecule has 4 heteroatoms. The molecule has 0 radical (unpaired) electrons. The number of hydrogen-bond donors (Lipinski definition) is 0. The molecule has 0 amide bonds. The summed E-state index contributed by atoms with van der Waals surface area (Å²) in [5.74, 6) is -0.511. The standard InChI is InChI=1S/C8H9BrO2S/c1-8(10-2-3-11-8)6-4-7(9)12-5-6/h4-5H,2-3H2,1H3. The second kappa shape index (κ2) is 3.10. The molecule has 2 rings (SSSR count). The van der Waals surface area contributed by atoms with Crippen molar-refractivity contribution >= 4 is 27.3 Å². The number of thiophene rings is 1. The molecule has 0 spiro atoms. The number of ether oxygens (including phenoxy) is 2. The van der Waals surface area contributed by atoms with E-state index in [2.05, 4.69) is 21.3 Å². The number of halogens is 1. The molecule has 0 bridgehead atoms. The van der Waals surface area contributed by atoms with Gasteiger partial charge in [0.15, 0.2) is 5.79 Å². The topological polar surface area (TPSA) is 18.5 Å². The van der Waals surface area contributed by atoms with Crippen molar-refractivity contribution in [1.29, 1.82) is 0 Å². The highest BCUT2D eigenvalue weighted by atomic mass is 79.9. The van der Waals surface area contributed by atoms with E-state index in [1.165, 1.54) is 0 Å². The molecule has 0 atom stereocenters. The molecule has 66 valence electrons. The van der Waals surface area contributed by atoms with Crippen molar-refractivity contribution in [3.05, 3.63) is 20.8 Å². The molecule has 12 heavy (non-hydrogen) atoms. The second-order valence-electron chi connectivity index (χ2n) is 2.78. The first-order valence-corrected chi connectivity index (χ1v) is 5.40. The van der Waals surface area contributed by atoms with Crippen molar-refractivity contribution in [1.82, 2.24) is 0 Å². The van der Waals surface area contributed by atoms with Crippen LogP contribution in [0.1, 0.15) is 12.5 Å². The van der Waals surface area contributed by atoms with Crippen LogP contribution < -0.4 is 0 Å². The zero-order valence-corrected chi connectivity index (χ0v) is 9.07. The fourth-order valence-corrected chi connectivity index (χ4v) is 2.47. The van der Waals surface area contributed by atoms with Gasteiger partial charge >= 0.3 is 0 Å². The van der Waals surface area contributed by atoms with E-state index in [0.717, 1.165) is 9.35 Å². The van der Waals surface area contributed by atoms with Crippen LogP contribution in [-0.2, 0) is 15.3 Å². The van der Waals surface area contributed by atoms with Crippen molar-refractivity contribution in [3.8, 4) is 0 Å². The van der Waals surface area contributed by atoms with Crippen LogP contribution in [0.2, 0.25) is 0 Å². The molecule has 0 unspecified atom stereocenters. The zero-order chi connectivity index (χ0) is 8.60. The van der Waals surface area contributed by atoms with Crippen LogP contribution in [0.25, 0.3) is 0 Å². The molecule has 1 aromatic heterocycles. The number of rotatable bonds is 1. The largest absolute Gasteiger partial charge is 0.344 e. The molecule has 1 saturated heterocycles. The third-order valence-corrected chi connectivity index (χ3v) is 3.43. The van der Waals surface area contributed by atoms with Gasteiger partial charge < -0.3 is 9.47 Å². The Labute approximate surface area is 83.6 Å². The lowest BCUT2D eigenvalue weighted by Gasteiger charge is -2.20. The third kappa shape index (κ3) is 1.44. The zero-order valence-electron chi connectivity index (χ0n) is 6.67. The lowest BCUT2D eigenvalue weighted by molar-refractivity contribution is -0.149. The van der Waals surface area contributed by atoms with Gasteiger partial charge in [-0.3, -0.25) is 0 Å². The van der Waals surface area contributed by atoms with Gasteiger partial charge in [0.05, 0.1) is 17.0 Å². The van der Waals surface area contributed by atoms with E-state index < -0.39 is 5.79 Å². The van der Waals surface area contributed by atoms with Crippen LogP contribution >= 0.6 is 27.3 Å². The summed E-state index contributed by atoms with van der Waals surface area (Å²) in [6.45, 7) is 3.32. The molecule has 1 fully saturated rings. The van der Waals surface area contributed by atoms with E-state index in [0.29, 0.717) is 13.2 Å². The van der Waals surface area contributed by atoms with Crippen molar-refractivity contribution in [2.75, 3.05) is 13.2 Å². The maximum Gasteiger partial charge on any atom is 0.192 e. The summed E-state index contributed by atoms with van der Waals surface area (Å²) in [6.07, 6.45) is 0. The Kier molecular flexibility index (Phi) is 2.25. The quantitative estimate of drug-likeness (QED) is 0.761. The molecule has 1 aliphatic heterocycles.